The standard InChI is InChI=1S/C21H27N3O3S/c1-26-17-10-9-14(12-18(17)27-2)16-7-5-11-24(16)13-20(25)23-21-22-15-6-3-4-8-19(15)28-21/h9-10,12,16H,3-8,11,13H2,1-2H3,(H,22,23,25). The number of nitrogens with zero attached hydrogens (tertiary/aromatic N) is 2. The van der Waals surface area contributed by atoms with E-state index in [-0.39, 0.29) is 11.9 Å². The highest BCUT2D eigenvalue weighted by Crippen LogP contribution is 2.37. The fraction of sp³-hybridized carbons (Fsp3) is 0.524. The highest BCUT2D eigenvalue weighted by atomic mass is 32.1. The Morgan fingerprint density at radius 2 is 2.04 bits per heavy atom. The van der Waals surface area contributed by atoms with Crippen molar-refractivity contribution in [3.8, 4) is 11.5 Å². The third kappa shape index (κ3) is 4.00. The van der Waals surface area contributed by atoms with Gasteiger partial charge in [-0.15, -0.1) is 11.3 Å². The summed E-state index contributed by atoms with van der Waals surface area (Å²) < 4.78 is 10.8. The quantitative estimate of drug-likeness (QED) is 0.797. The van der Waals surface area contributed by atoms with Crippen LogP contribution in [0.5, 0.6) is 11.5 Å². The summed E-state index contributed by atoms with van der Waals surface area (Å²) in [5.41, 5.74) is 2.34. The second kappa shape index (κ2) is 8.49. The number of hydrogen-bond donors (Lipinski definition) is 1. The van der Waals surface area contributed by atoms with Gasteiger partial charge in [-0.3, -0.25) is 9.69 Å². The molecule has 0 radical (unpaired) electrons. The molecule has 28 heavy (non-hydrogen) atoms. The molecule has 150 valence electrons. The van der Waals surface area contributed by atoms with Gasteiger partial charge < -0.3 is 14.8 Å². The molecule has 1 saturated heterocycles. The predicted octanol–water partition coefficient (Wildman–Crippen LogP) is 3.81. The molecule has 1 aromatic heterocycles. The molecule has 1 unspecified atom stereocenters. The number of fused-ring (bicyclic) bond motifs is 1. The SMILES string of the molecule is COc1ccc(C2CCCN2CC(=O)Nc2nc3c(s2)CCCC3)cc1OC. The van der Waals surface area contributed by atoms with E-state index in [2.05, 4.69) is 21.3 Å². The van der Waals surface area contributed by atoms with E-state index in [9.17, 15) is 4.79 Å². The van der Waals surface area contributed by atoms with Gasteiger partial charge in [-0.1, -0.05) is 6.07 Å². The number of hydrogen-bond acceptors (Lipinski definition) is 6. The Morgan fingerprint density at radius 1 is 1.21 bits per heavy atom. The van der Waals surface area contributed by atoms with Gasteiger partial charge >= 0.3 is 0 Å². The van der Waals surface area contributed by atoms with E-state index in [0.29, 0.717) is 6.54 Å². The number of rotatable bonds is 6. The smallest absolute Gasteiger partial charge is 0.240 e. The average molecular weight is 402 g/mol. The molecular weight excluding hydrogens is 374 g/mol. The fourth-order valence-corrected chi connectivity index (χ4v) is 5.27. The van der Waals surface area contributed by atoms with Gasteiger partial charge in [0.2, 0.25) is 5.91 Å². The second-order valence-corrected chi connectivity index (χ2v) is 8.47. The van der Waals surface area contributed by atoms with E-state index < -0.39 is 0 Å². The normalized spacial score (nSPS) is 19.3. The summed E-state index contributed by atoms with van der Waals surface area (Å²) in [6.45, 7) is 1.30. The molecule has 1 atom stereocenters. The fourth-order valence-electron chi connectivity index (χ4n) is 4.20. The summed E-state index contributed by atoms with van der Waals surface area (Å²) in [7, 11) is 3.29. The molecule has 1 fully saturated rings. The first-order valence-corrected chi connectivity index (χ1v) is 10.7. The van der Waals surface area contributed by atoms with Crippen LogP contribution in [0.1, 0.15) is 47.9 Å². The number of amides is 1. The lowest BCUT2D eigenvalue weighted by atomic mass is 10.0. The molecule has 0 saturated carbocycles. The first kappa shape index (κ1) is 19.2. The van der Waals surface area contributed by atoms with E-state index in [0.717, 1.165) is 54.4 Å². The van der Waals surface area contributed by atoms with Gasteiger partial charge in [0.15, 0.2) is 16.6 Å². The molecule has 1 N–H and O–H groups in total. The van der Waals surface area contributed by atoms with E-state index in [1.165, 1.54) is 23.4 Å². The van der Waals surface area contributed by atoms with E-state index >= 15 is 0 Å². The number of methoxy groups -OCH3 is 2. The maximum absolute atomic E-state index is 12.7. The zero-order chi connectivity index (χ0) is 19.5. The summed E-state index contributed by atoms with van der Waals surface area (Å²) in [6.07, 6.45) is 6.67. The Kier molecular flexibility index (Phi) is 5.82. The van der Waals surface area contributed by atoms with Gasteiger partial charge in [-0.05, 0) is 62.8 Å². The third-order valence-corrected chi connectivity index (χ3v) is 6.67. The summed E-state index contributed by atoms with van der Waals surface area (Å²) in [5, 5.41) is 3.77. The Bertz CT molecular complexity index is 828. The Labute approximate surface area is 169 Å². The van der Waals surface area contributed by atoms with Gasteiger partial charge in [0.25, 0.3) is 0 Å². The first-order valence-electron chi connectivity index (χ1n) is 9.92. The Balaban J connectivity index is 1.42. The first-order chi connectivity index (χ1) is 13.7. The third-order valence-electron chi connectivity index (χ3n) is 5.59. The highest BCUT2D eigenvalue weighted by Gasteiger charge is 2.28. The van der Waals surface area contributed by atoms with Crippen LogP contribution in [0.4, 0.5) is 5.13 Å². The number of nitrogens with one attached hydrogen (secondary N) is 1. The summed E-state index contributed by atoms with van der Waals surface area (Å²) in [4.78, 5) is 20.9. The maximum atomic E-state index is 12.7. The minimum atomic E-state index is 0.0125. The summed E-state index contributed by atoms with van der Waals surface area (Å²) >= 11 is 1.64. The molecule has 7 heteroatoms. The molecular formula is C21H27N3O3S. The monoisotopic (exact) mass is 401 g/mol. The van der Waals surface area contributed by atoms with Crippen LogP contribution in [0.15, 0.2) is 18.2 Å². The van der Waals surface area contributed by atoms with Crippen molar-refractivity contribution in [3.63, 3.8) is 0 Å². The van der Waals surface area contributed by atoms with Crippen LogP contribution in [0.2, 0.25) is 0 Å². The second-order valence-electron chi connectivity index (χ2n) is 7.39. The number of thiazole rings is 1. The van der Waals surface area contributed by atoms with Crippen molar-refractivity contribution in [2.75, 3.05) is 32.6 Å². The molecule has 1 aromatic carbocycles. The maximum Gasteiger partial charge on any atom is 0.240 e. The number of carbonyl (C=O) groups is 1. The van der Waals surface area contributed by atoms with E-state index in [1.807, 2.05) is 12.1 Å². The number of aromatic nitrogens is 1. The molecule has 1 aliphatic heterocycles. The van der Waals surface area contributed by atoms with E-state index in [1.54, 1.807) is 25.6 Å². The highest BCUT2D eigenvalue weighted by molar-refractivity contribution is 7.15. The number of aryl methyl sites for hydroxylation is 2. The van der Waals surface area contributed by atoms with Gasteiger partial charge in [-0.25, -0.2) is 4.98 Å². The number of carbonyl (C=O) groups excluding carboxylic acids is 1. The van der Waals surface area contributed by atoms with Crippen LogP contribution in [0.3, 0.4) is 0 Å². The zero-order valence-corrected chi connectivity index (χ0v) is 17.3. The molecule has 0 spiro atoms. The lowest BCUT2D eigenvalue weighted by Gasteiger charge is -2.24. The van der Waals surface area contributed by atoms with E-state index in [4.69, 9.17) is 9.47 Å². The van der Waals surface area contributed by atoms with Crippen LogP contribution < -0.4 is 14.8 Å². The van der Waals surface area contributed by atoms with Crippen molar-refractivity contribution in [1.29, 1.82) is 0 Å². The van der Waals surface area contributed by atoms with Crippen LogP contribution in [0.25, 0.3) is 0 Å². The lowest BCUT2D eigenvalue weighted by molar-refractivity contribution is -0.117. The number of ether oxygens (including phenoxy) is 2. The van der Waals surface area contributed by atoms with Crippen molar-refractivity contribution >= 4 is 22.4 Å². The van der Waals surface area contributed by atoms with Crippen LogP contribution in [-0.2, 0) is 17.6 Å². The van der Waals surface area contributed by atoms with Crippen molar-refractivity contribution in [2.45, 2.75) is 44.6 Å². The molecule has 2 aliphatic rings. The lowest BCUT2D eigenvalue weighted by Crippen LogP contribution is -2.32. The molecule has 1 amide bonds. The zero-order valence-electron chi connectivity index (χ0n) is 16.5. The number of benzene rings is 1. The number of likely N-dealkylation sites (tertiary alicyclic amines) is 1. The van der Waals surface area contributed by atoms with Crippen LogP contribution >= 0.6 is 11.3 Å². The van der Waals surface area contributed by atoms with Gasteiger partial charge in [0, 0.05) is 10.9 Å². The van der Waals surface area contributed by atoms with Crippen molar-refractivity contribution in [1.82, 2.24) is 9.88 Å². The van der Waals surface area contributed by atoms with Gasteiger partial charge in [0.05, 0.1) is 26.5 Å². The van der Waals surface area contributed by atoms with Crippen molar-refractivity contribution in [3.05, 3.63) is 34.3 Å². The van der Waals surface area contributed by atoms with Crippen LogP contribution in [0, 0.1) is 0 Å². The van der Waals surface area contributed by atoms with Crippen LogP contribution in [-0.4, -0.2) is 43.1 Å². The van der Waals surface area contributed by atoms with Gasteiger partial charge in [-0.2, -0.15) is 0 Å². The Morgan fingerprint density at radius 3 is 2.82 bits per heavy atom. The molecule has 6 nitrogen and oxygen atoms in total. The summed E-state index contributed by atoms with van der Waals surface area (Å²) in [6, 6.07) is 6.24. The number of anilines is 1. The predicted molar refractivity (Wildman–Crippen MR) is 110 cm³/mol. The molecule has 4 rings (SSSR count). The Hall–Kier alpha value is -2.12. The van der Waals surface area contributed by atoms with Crippen molar-refractivity contribution in [2.24, 2.45) is 0 Å². The minimum Gasteiger partial charge on any atom is -0.493 e. The average Bonchev–Trinajstić information content (AvgIpc) is 3.33. The molecule has 0 bridgehead atoms. The molecule has 2 heterocycles. The largest absolute Gasteiger partial charge is 0.493 e. The van der Waals surface area contributed by atoms with Crippen molar-refractivity contribution < 1.29 is 14.3 Å². The minimum absolute atomic E-state index is 0.0125. The molecule has 2 aromatic rings. The molecule has 1 aliphatic carbocycles. The topological polar surface area (TPSA) is 63.7 Å². The van der Waals surface area contributed by atoms with Gasteiger partial charge in [0.1, 0.15) is 0 Å². The summed E-state index contributed by atoms with van der Waals surface area (Å²) in [5.74, 6) is 1.46.